The quantitative estimate of drug-likeness (QED) is 0.846. The molecule has 1 aromatic heterocycles. The van der Waals surface area contributed by atoms with E-state index in [-0.39, 0.29) is 23.9 Å². The number of carbonyl (C=O) groups excluding carboxylic acids is 1. The molecule has 2 atom stereocenters. The molecule has 1 aromatic rings. The summed E-state index contributed by atoms with van der Waals surface area (Å²) in [6, 6.07) is 2.69. The Balaban J connectivity index is 1.62. The molecule has 3 rings (SSSR count). The number of hydrogen-bond acceptors (Lipinski definition) is 4. The number of urea groups is 1. The van der Waals surface area contributed by atoms with Gasteiger partial charge in [0.1, 0.15) is 5.69 Å². The number of carbonyl (C=O) groups is 2. The predicted molar refractivity (Wildman–Crippen MR) is 69.7 cm³/mol. The minimum absolute atomic E-state index is 0.0487. The molecule has 2 aliphatic heterocycles. The smallest absolute Gasteiger partial charge is 0.354 e. The molecule has 2 N–H and O–H groups in total. The van der Waals surface area contributed by atoms with Gasteiger partial charge in [0, 0.05) is 13.1 Å². The first kappa shape index (κ1) is 12.9. The summed E-state index contributed by atoms with van der Waals surface area (Å²) in [5.41, 5.74) is 0.436. The molecule has 2 amide bonds. The van der Waals surface area contributed by atoms with Crippen molar-refractivity contribution in [2.24, 2.45) is 0 Å². The molecule has 106 valence electrons. The largest absolute Gasteiger partial charge is 0.477 e. The van der Waals surface area contributed by atoms with E-state index in [0.717, 1.165) is 12.8 Å². The van der Waals surface area contributed by atoms with Gasteiger partial charge in [-0.2, -0.15) is 0 Å². The minimum atomic E-state index is -1.09. The fourth-order valence-corrected chi connectivity index (χ4v) is 2.58. The van der Waals surface area contributed by atoms with Crippen LogP contribution >= 0.6 is 0 Å². The van der Waals surface area contributed by atoms with Crippen molar-refractivity contribution in [3.63, 3.8) is 0 Å². The number of carboxylic acid groups (broad SMARTS) is 1. The summed E-state index contributed by atoms with van der Waals surface area (Å²) < 4.78 is 5.67. The first-order valence-corrected chi connectivity index (χ1v) is 6.52. The first-order valence-electron chi connectivity index (χ1n) is 6.52. The van der Waals surface area contributed by atoms with Crippen LogP contribution in [0.25, 0.3) is 0 Å². The summed E-state index contributed by atoms with van der Waals surface area (Å²) in [5.74, 6) is -1.09. The zero-order valence-electron chi connectivity index (χ0n) is 10.8. The Hall–Kier alpha value is -2.15. The van der Waals surface area contributed by atoms with Crippen molar-refractivity contribution in [1.29, 1.82) is 0 Å². The second-order valence-electron chi connectivity index (χ2n) is 5.03. The van der Waals surface area contributed by atoms with Crippen LogP contribution in [0.15, 0.2) is 18.3 Å². The third-order valence-electron chi connectivity index (χ3n) is 3.56. The summed E-state index contributed by atoms with van der Waals surface area (Å²) >= 11 is 0. The lowest BCUT2D eigenvalue weighted by Crippen LogP contribution is -2.47. The number of morpholine rings is 1. The molecule has 0 spiro atoms. The van der Waals surface area contributed by atoms with E-state index < -0.39 is 5.97 Å². The highest BCUT2D eigenvalue weighted by Crippen LogP contribution is 2.26. The summed E-state index contributed by atoms with van der Waals surface area (Å²) in [4.78, 5) is 28.3. The van der Waals surface area contributed by atoms with Crippen molar-refractivity contribution in [3.05, 3.63) is 24.0 Å². The molecule has 7 nitrogen and oxygen atoms in total. The van der Waals surface area contributed by atoms with Gasteiger partial charge in [0.05, 0.1) is 24.1 Å². The zero-order valence-corrected chi connectivity index (χ0v) is 10.8. The lowest BCUT2D eigenvalue weighted by Gasteiger charge is -2.32. The van der Waals surface area contributed by atoms with Crippen molar-refractivity contribution in [3.8, 4) is 0 Å². The third-order valence-corrected chi connectivity index (χ3v) is 3.56. The monoisotopic (exact) mass is 277 g/mol. The number of carboxylic acids is 1. The Kier molecular flexibility index (Phi) is 3.27. The molecule has 0 radical (unpaired) electrons. The predicted octanol–water partition coefficient (Wildman–Crippen LogP) is 1.17. The van der Waals surface area contributed by atoms with Crippen LogP contribution < -0.4 is 5.32 Å². The number of likely N-dealkylation sites (tertiary alicyclic amines) is 1. The SMILES string of the molecule is O=C(O)c1ccc(NC(=O)N2CC3CCC(C2)O3)cn1. The lowest BCUT2D eigenvalue weighted by atomic mass is 10.2. The Morgan fingerprint density at radius 2 is 2.00 bits per heavy atom. The van der Waals surface area contributed by atoms with Crippen LogP contribution in [0.5, 0.6) is 0 Å². The topological polar surface area (TPSA) is 91.8 Å². The summed E-state index contributed by atoms with van der Waals surface area (Å²) in [6.07, 6.45) is 3.64. The molecule has 0 aliphatic carbocycles. The van der Waals surface area contributed by atoms with E-state index in [1.807, 2.05) is 0 Å². The van der Waals surface area contributed by atoms with Gasteiger partial charge in [0.2, 0.25) is 0 Å². The number of amides is 2. The molecule has 20 heavy (non-hydrogen) atoms. The number of aromatic nitrogens is 1. The van der Waals surface area contributed by atoms with Crippen molar-refractivity contribution in [1.82, 2.24) is 9.88 Å². The molecule has 2 saturated heterocycles. The Morgan fingerprint density at radius 1 is 1.30 bits per heavy atom. The van der Waals surface area contributed by atoms with Crippen LogP contribution in [-0.4, -0.2) is 52.3 Å². The first-order chi connectivity index (χ1) is 9.61. The molecule has 2 fully saturated rings. The van der Waals surface area contributed by atoms with Gasteiger partial charge >= 0.3 is 12.0 Å². The molecule has 0 aromatic carbocycles. The molecule has 3 heterocycles. The molecule has 2 aliphatic rings. The van der Waals surface area contributed by atoms with Crippen molar-refractivity contribution in [2.75, 3.05) is 18.4 Å². The van der Waals surface area contributed by atoms with Gasteiger partial charge in [-0.3, -0.25) is 0 Å². The summed E-state index contributed by atoms with van der Waals surface area (Å²) in [6.45, 7) is 1.20. The van der Waals surface area contributed by atoms with E-state index in [4.69, 9.17) is 9.84 Å². The van der Waals surface area contributed by atoms with Crippen LogP contribution in [0.1, 0.15) is 23.3 Å². The summed E-state index contributed by atoms with van der Waals surface area (Å²) in [5, 5.41) is 11.5. The standard InChI is InChI=1S/C13H15N3O4/c17-12(18)11-4-1-8(5-14-11)15-13(19)16-6-9-2-3-10(7-16)20-9/h1,4-5,9-10H,2-3,6-7H2,(H,15,19)(H,17,18). The highest BCUT2D eigenvalue weighted by Gasteiger charge is 2.35. The van der Waals surface area contributed by atoms with E-state index in [0.29, 0.717) is 18.8 Å². The average molecular weight is 277 g/mol. The third kappa shape index (κ3) is 2.57. The number of ether oxygens (including phenoxy) is 1. The van der Waals surface area contributed by atoms with Gasteiger partial charge in [-0.15, -0.1) is 0 Å². The van der Waals surface area contributed by atoms with Crippen LogP contribution in [0.4, 0.5) is 10.5 Å². The number of nitrogens with zero attached hydrogens (tertiary/aromatic N) is 2. The number of pyridine rings is 1. The zero-order chi connectivity index (χ0) is 14.1. The van der Waals surface area contributed by atoms with Gasteiger partial charge in [-0.05, 0) is 25.0 Å². The maximum atomic E-state index is 12.1. The highest BCUT2D eigenvalue weighted by molar-refractivity contribution is 5.90. The molecule has 0 saturated carbocycles. The second kappa shape index (κ2) is 5.09. The molecular weight excluding hydrogens is 262 g/mol. The van der Waals surface area contributed by atoms with E-state index in [2.05, 4.69) is 10.3 Å². The summed E-state index contributed by atoms with van der Waals surface area (Å²) in [7, 11) is 0. The van der Waals surface area contributed by atoms with Crippen LogP contribution in [0, 0.1) is 0 Å². The Bertz CT molecular complexity index is 519. The van der Waals surface area contributed by atoms with Crippen LogP contribution in [-0.2, 0) is 4.74 Å². The maximum Gasteiger partial charge on any atom is 0.354 e. The van der Waals surface area contributed by atoms with Gasteiger partial charge in [-0.1, -0.05) is 0 Å². The number of aromatic carboxylic acids is 1. The number of anilines is 1. The van der Waals surface area contributed by atoms with Gasteiger partial charge in [0.25, 0.3) is 0 Å². The van der Waals surface area contributed by atoms with E-state index in [9.17, 15) is 9.59 Å². The fourth-order valence-electron chi connectivity index (χ4n) is 2.58. The number of hydrogen-bond donors (Lipinski definition) is 2. The highest BCUT2D eigenvalue weighted by atomic mass is 16.5. The Morgan fingerprint density at radius 3 is 2.55 bits per heavy atom. The minimum Gasteiger partial charge on any atom is -0.477 e. The van der Waals surface area contributed by atoms with Crippen LogP contribution in [0.3, 0.4) is 0 Å². The van der Waals surface area contributed by atoms with E-state index in [1.165, 1.54) is 18.3 Å². The van der Waals surface area contributed by atoms with Gasteiger partial charge < -0.3 is 20.1 Å². The van der Waals surface area contributed by atoms with Crippen LogP contribution in [0.2, 0.25) is 0 Å². The van der Waals surface area contributed by atoms with Crippen molar-refractivity contribution >= 4 is 17.7 Å². The lowest BCUT2D eigenvalue weighted by molar-refractivity contribution is -0.0219. The number of nitrogens with one attached hydrogen (secondary N) is 1. The second-order valence-corrected chi connectivity index (χ2v) is 5.03. The van der Waals surface area contributed by atoms with Gasteiger partial charge in [0.15, 0.2) is 0 Å². The maximum absolute atomic E-state index is 12.1. The molecule has 7 heteroatoms. The average Bonchev–Trinajstić information content (AvgIpc) is 2.78. The van der Waals surface area contributed by atoms with Gasteiger partial charge in [-0.25, -0.2) is 14.6 Å². The van der Waals surface area contributed by atoms with E-state index >= 15 is 0 Å². The molecule has 2 bridgehead atoms. The molecular formula is C13H15N3O4. The normalized spacial score (nSPS) is 24.5. The number of fused-ring (bicyclic) bond motifs is 2. The van der Waals surface area contributed by atoms with Crippen molar-refractivity contribution in [2.45, 2.75) is 25.0 Å². The fraction of sp³-hybridized carbons (Fsp3) is 0.462. The number of rotatable bonds is 2. The Labute approximate surface area is 115 Å². The van der Waals surface area contributed by atoms with E-state index in [1.54, 1.807) is 4.90 Å². The molecule has 2 unspecified atom stereocenters. The van der Waals surface area contributed by atoms with Crippen molar-refractivity contribution < 1.29 is 19.4 Å².